The Morgan fingerprint density at radius 2 is 1.68 bits per heavy atom. The third kappa shape index (κ3) is 5.81. The van der Waals surface area contributed by atoms with Gasteiger partial charge in [-0.25, -0.2) is 4.79 Å². The Morgan fingerprint density at radius 1 is 1.07 bits per heavy atom. The molecule has 0 aliphatic carbocycles. The summed E-state index contributed by atoms with van der Waals surface area (Å²) in [6, 6.07) is 5.47. The lowest BCUT2D eigenvalue weighted by atomic mass is 9.97. The summed E-state index contributed by atoms with van der Waals surface area (Å²) >= 11 is 0. The predicted molar refractivity (Wildman–Crippen MR) is 106 cm³/mol. The number of carbonyl (C=O) groups excluding carboxylic acids is 3. The van der Waals surface area contributed by atoms with Crippen LogP contribution < -0.4 is 0 Å². The van der Waals surface area contributed by atoms with Crippen molar-refractivity contribution in [3.8, 4) is 0 Å². The van der Waals surface area contributed by atoms with Crippen LogP contribution in [0.3, 0.4) is 0 Å². The van der Waals surface area contributed by atoms with Gasteiger partial charge in [-0.2, -0.15) is 0 Å². The topological polar surface area (TPSA) is 72.9 Å². The summed E-state index contributed by atoms with van der Waals surface area (Å²) in [5.41, 5.74) is 2.14. The molecule has 154 valence electrons. The van der Waals surface area contributed by atoms with Gasteiger partial charge in [0.1, 0.15) is 5.60 Å². The number of aryl methyl sites for hydroxylation is 2. The molecule has 28 heavy (non-hydrogen) atoms. The van der Waals surface area contributed by atoms with Crippen LogP contribution in [0.4, 0.5) is 4.79 Å². The smallest absolute Gasteiger partial charge is 0.410 e. The number of Topliss-reactive ketones (excluding diaryl/α,β-unsaturated/α-hetero) is 1. The summed E-state index contributed by atoms with van der Waals surface area (Å²) in [5.74, 6) is -0.898. The molecular weight excluding hydrogens is 358 g/mol. The Labute approximate surface area is 167 Å². The van der Waals surface area contributed by atoms with Crippen LogP contribution in [0.25, 0.3) is 0 Å². The van der Waals surface area contributed by atoms with E-state index in [-0.39, 0.29) is 23.8 Å². The fourth-order valence-electron chi connectivity index (χ4n) is 3.08. The standard InChI is InChI=1S/C22H31NO5/c1-14-7-8-18(13-15(14)2)19(24)16(3)27-20(25)17-9-11-23(12-10-17)21(26)28-22(4,5)6/h7-8,13,16-17H,9-12H2,1-6H3/t16-/m0/s1. The molecule has 1 aliphatic rings. The number of hydrogen-bond donors (Lipinski definition) is 0. The summed E-state index contributed by atoms with van der Waals surface area (Å²) in [4.78, 5) is 38.7. The molecule has 1 atom stereocenters. The van der Waals surface area contributed by atoms with Crippen molar-refractivity contribution in [3.63, 3.8) is 0 Å². The summed E-state index contributed by atoms with van der Waals surface area (Å²) < 4.78 is 10.8. The van der Waals surface area contributed by atoms with Crippen molar-refractivity contribution in [1.29, 1.82) is 0 Å². The number of hydrogen-bond acceptors (Lipinski definition) is 5. The minimum Gasteiger partial charge on any atom is -0.454 e. The Kier molecular flexibility index (Phi) is 6.86. The van der Waals surface area contributed by atoms with E-state index in [9.17, 15) is 14.4 Å². The lowest BCUT2D eigenvalue weighted by Crippen LogP contribution is -2.43. The maximum Gasteiger partial charge on any atom is 0.410 e. The molecule has 2 rings (SSSR count). The zero-order valence-corrected chi connectivity index (χ0v) is 17.7. The number of likely N-dealkylation sites (tertiary alicyclic amines) is 1. The van der Waals surface area contributed by atoms with Gasteiger partial charge in [0.15, 0.2) is 6.10 Å². The van der Waals surface area contributed by atoms with Gasteiger partial charge < -0.3 is 14.4 Å². The third-order valence-electron chi connectivity index (χ3n) is 4.93. The van der Waals surface area contributed by atoms with E-state index in [0.717, 1.165) is 11.1 Å². The van der Waals surface area contributed by atoms with Crippen molar-refractivity contribution in [2.45, 2.75) is 66.1 Å². The molecule has 0 bridgehead atoms. The molecule has 0 N–H and O–H groups in total. The number of benzene rings is 1. The van der Waals surface area contributed by atoms with Gasteiger partial charge in [0.25, 0.3) is 0 Å². The predicted octanol–water partition coefficient (Wildman–Crippen LogP) is 4.06. The van der Waals surface area contributed by atoms with Gasteiger partial charge in [0.05, 0.1) is 5.92 Å². The molecule has 1 fully saturated rings. The molecule has 1 aromatic rings. The van der Waals surface area contributed by atoms with Crippen molar-refractivity contribution >= 4 is 17.8 Å². The molecule has 0 unspecified atom stereocenters. The Balaban J connectivity index is 1.87. The highest BCUT2D eigenvalue weighted by atomic mass is 16.6. The number of nitrogens with zero attached hydrogens (tertiary/aromatic N) is 1. The highest BCUT2D eigenvalue weighted by Gasteiger charge is 2.32. The zero-order chi connectivity index (χ0) is 21.1. The Bertz CT molecular complexity index is 742. The van der Waals surface area contributed by atoms with Crippen LogP contribution >= 0.6 is 0 Å². The van der Waals surface area contributed by atoms with E-state index in [1.54, 1.807) is 17.9 Å². The van der Waals surface area contributed by atoms with E-state index < -0.39 is 11.7 Å². The van der Waals surface area contributed by atoms with Crippen molar-refractivity contribution in [2.24, 2.45) is 5.92 Å². The molecule has 0 radical (unpaired) electrons. The highest BCUT2D eigenvalue weighted by molar-refractivity contribution is 6.00. The monoisotopic (exact) mass is 389 g/mol. The molecule has 0 spiro atoms. The number of esters is 1. The van der Waals surface area contributed by atoms with Crippen LogP contribution in [0.2, 0.25) is 0 Å². The minimum atomic E-state index is -0.835. The van der Waals surface area contributed by atoms with Crippen molar-refractivity contribution in [3.05, 3.63) is 34.9 Å². The van der Waals surface area contributed by atoms with Gasteiger partial charge in [-0.05, 0) is 71.6 Å². The maximum absolute atomic E-state index is 12.6. The Morgan fingerprint density at radius 3 is 2.21 bits per heavy atom. The minimum absolute atomic E-state index is 0.206. The van der Waals surface area contributed by atoms with Gasteiger partial charge in [-0.3, -0.25) is 9.59 Å². The first-order chi connectivity index (χ1) is 13.0. The maximum atomic E-state index is 12.6. The average Bonchev–Trinajstić information content (AvgIpc) is 2.62. The molecule has 1 aromatic carbocycles. The van der Waals surface area contributed by atoms with Crippen molar-refractivity contribution < 1.29 is 23.9 Å². The average molecular weight is 389 g/mol. The summed E-state index contributed by atoms with van der Waals surface area (Å²) in [6.45, 7) is 11.9. The van der Waals surface area contributed by atoms with Crippen molar-refractivity contribution in [2.75, 3.05) is 13.1 Å². The summed E-state index contributed by atoms with van der Waals surface area (Å²) in [5, 5.41) is 0. The van der Waals surface area contributed by atoms with Gasteiger partial charge in [0.2, 0.25) is 5.78 Å². The van der Waals surface area contributed by atoms with Gasteiger partial charge in [0, 0.05) is 18.7 Å². The molecule has 0 aromatic heterocycles. The molecule has 1 aliphatic heterocycles. The SMILES string of the molecule is Cc1ccc(C(=O)[C@H](C)OC(=O)C2CCN(C(=O)OC(C)(C)C)CC2)cc1C. The number of ether oxygens (including phenoxy) is 2. The highest BCUT2D eigenvalue weighted by Crippen LogP contribution is 2.22. The molecule has 1 heterocycles. The molecule has 1 saturated heterocycles. The van der Waals surface area contributed by atoms with E-state index in [1.165, 1.54) is 0 Å². The zero-order valence-electron chi connectivity index (χ0n) is 17.7. The normalized spacial score (nSPS) is 16.4. The van der Waals surface area contributed by atoms with E-state index in [1.807, 2.05) is 46.8 Å². The first-order valence-electron chi connectivity index (χ1n) is 9.78. The Hall–Kier alpha value is -2.37. The quantitative estimate of drug-likeness (QED) is 0.573. The van der Waals surface area contributed by atoms with Crippen molar-refractivity contribution in [1.82, 2.24) is 4.90 Å². The summed E-state index contributed by atoms with van der Waals surface area (Å²) in [6.07, 6.45) is -0.193. The first kappa shape index (κ1) is 21.9. The van der Waals surface area contributed by atoms with Crippen LogP contribution in [0.1, 0.15) is 62.0 Å². The van der Waals surface area contributed by atoms with Crippen LogP contribution in [-0.2, 0) is 14.3 Å². The number of rotatable bonds is 4. The van der Waals surface area contributed by atoms with Gasteiger partial charge >= 0.3 is 12.1 Å². The summed E-state index contributed by atoms with van der Waals surface area (Å²) in [7, 11) is 0. The fraction of sp³-hybridized carbons (Fsp3) is 0.591. The van der Waals surface area contributed by atoms with Crippen LogP contribution in [-0.4, -0.2) is 47.5 Å². The second-order valence-corrected chi connectivity index (χ2v) is 8.48. The molecule has 1 amide bonds. The van der Waals surface area contributed by atoms with E-state index in [0.29, 0.717) is 31.5 Å². The molecule has 6 nitrogen and oxygen atoms in total. The lowest BCUT2D eigenvalue weighted by molar-refractivity contribution is -0.152. The fourth-order valence-corrected chi connectivity index (χ4v) is 3.08. The number of piperidine rings is 1. The number of ketones is 1. The molecule has 6 heteroatoms. The third-order valence-corrected chi connectivity index (χ3v) is 4.93. The second-order valence-electron chi connectivity index (χ2n) is 8.48. The van der Waals surface area contributed by atoms with Gasteiger partial charge in [-0.1, -0.05) is 12.1 Å². The number of carbonyl (C=O) groups is 3. The second kappa shape index (κ2) is 8.76. The van der Waals surface area contributed by atoms with Crippen LogP contribution in [0.5, 0.6) is 0 Å². The first-order valence-corrected chi connectivity index (χ1v) is 9.78. The van der Waals surface area contributed by atoms with Crippen LogP contribution in [0, 0.1) is 19.8 Å². The largest absolute Gasteiger partial charge is 0.454 e. The van der Waals surface area contributed by atoms with Gasteiger partial charge in [-0.15, -0.1) is 0 Å². The van der Waals surface area contributed by atoms with E-state index >= 15 is 0 Å². The molecule has 0 saturated carbocycles. The van der Waals surface area contributed by atoms with E-state index in [2.05, 4.69) is 0 Å². The van der Waals surface area contributed by atoms with E-state index in [4.69, 9.17) is 9.47 Å². The van der Waals surface area contributed by atoms with Crippen LogP contribution in [0.15, 0.2) is 18.2 Å². The lowest BCUT2D eigenvalue weighted by Gasteiger charge is -2.32. The number of amides is 1. The molecular formula is C22H31NO5.